The lowest BCUT2D eigenvalue weighted by molar-refractivity contribution is -0.127. The summed E-state index contributed by atoms with van der Waals surface area (Å²) in [7, 11) is 0. The normalized spacial score (nSPS) is 40.7. The molecule has 3 heterocycles. The number of fused-ring (bicyclic) bond motifs is 1. The summed E-state index contributed by atoms with van der Waals surface area (Å²) in [5.41, 5.74) is -0.313. The van der Waals surface area contributed by atoms with Crippen LogP contribution in [0.2, 0.25) is 0 Å². The summed E-state index contributed by atoms with van der Waals surface area (Å²) in [6.07, 6.45) is 7.03. The Bertz CT molecular complexity index is 325. The second kappa shape index (κ2) is 4.82. The van der Waals surface area contributed by atoms with Crippen molar-refractivity contribution in [3.63, 3.8) is 0 Å². The third-order valence-corrected chi connectivity index (χ3v) is 5.03. The van der Waals surface area contributed by atoms with Gasteiger partial charge in [-0.15, -0.1) is 0 Å². The minimum Gasteiger partial charge on any atom is -0.352 e. The zero-order valence-electron chi connectivity index (χ0n) is 11.4. The predicted molar refractivity (Wildman–Crippen MR) is 71.4 cm³/mol. The highest BCUT2D eigenvalue weighted by Gasteiger charge is 2.38. The highest BCUT2D eigenvalue weighted by Crippen LogP contribution is 2.27. The van der Waals surface area contributed by atoms with Gasteiger partial charge >= 0.3 is 0 Å². The van der Waals surface area contributed by atoms with Gasteiger partial charge in [0.05, 0.1) is 5.54 Å². The molecule has 3 aliphatic rings. The van der Waals surface area contributed by atoms with Crippen LogP contribution in [0.3, 0.4) is 0 Å². The fraction of sp³-hybridized carbons (Fsp3) is 0.929. The topological polar surface area (TPSA) is 44.4 Å². The summed E-state index contributed by atoms with van der Waals surface area (Å²) in [5, 5.41) is 6.63. The van der Waals surface area contributed by atoms with E-state index in [0.717, 1.165) is 38.3 Å². The smallest absolute Gasteiger partial charge is 0.240 e. The molecule has 18 heavy (non-hydrogen) atoms. The lowest BCUT2D eigenvalue weighted by atomic mass is 9.94. The van der Waals surface area contributed by atoms with Gasteiger partial charge in [-0.1, -0.05) is 0 Å². The molecule has 0 radical (unpaired) electrons. The SMILES string of the molecule is CC1(C(=O)NC2CCN3CCCC3C2)CCCN1. The van der Waals surface area contributed by atoms with Crippen molar-refractivity contribution in [1.29, 1.82) is 0 Å². The van der Waals surface area contributed by atoms with E-state index in [1.807, 2.05) is 6.92 Å². The van der Waals surface area contributed by atoms with E-state index in [9.17, 15) is 4.79 Å². The first kappa shape index (κ1) is 12.4. The lowest BCUT2D eigenvalue weighted by Crippen LogP contribution is -2.56. The van der Waals surface area contributed by atoms with E-state index < -0.39 is 0 Å². The summed E-state index contributed by atoms with van der Waals surface area (Å²) >= 11 is 0. The molecule has 0 aromatic carbocycles. The number of amides is 1. The minimum absolute atomic E-state index is 0.219. The van der Waals surface area contributed by atoms with Gasteiger partial charge in [-0.3, -0.25) is 4.79 Å². The first-order chi connectivity index (χ1) is 8.67. The zero-order valence-corrected chi connectivity index (χ0v) is 11.4. The maximum absolute atomic E-state index is 12.3. The molecular weight excluding hydrogens is 226 g/mol. The second-order valence-electron chi connectivity index (χ2n) is 6.39. The van der Waals surface area contributed by atoms with Gasteiger partial charge in [0, 0.05) is 18.6 Å². The van der Waals surface area contributed by atoms with Crippen molar-refractivity contribution in [3.8, 4) is 0 Å². The van der Waals surface area contributed by atoms with Crippen LogP contribution in [0.4, 0.5) is 0 Å². The third kappa shape index (κ3) is 2.28. The Labute approximate surface area is 109 Å². The van der Waals surface area contributed by atoms with Crippen LogP contribution in [-0.4, -0.2) is 48.1 Å². The molecular formula is C14H25N3O. The molecule has 3 saturated heterocycles. The number of piperidine rings is 1. The number of hydrogen-bond acceptors (Lipinski definition) is 3. The van der Waals surface area contributed by atoms with Crippen molar-refractivity contribution in [2.75, 3.05) is 19.6 Å². The van der Waals surface area contributed by atoms with Gasteiger partial charge < -0.3 is 15.5 Å². The molecule has 0 saturated carbocycles. The van der Waals surface area contributed by atoms with Crippen LogP contribution in [0.1, 0.15) is 45.4 Å². The highest BCUT2D eigenvalue weighted by atomic mass is 16.2. The summed E-state index contributed by atoms with van der Waals surface area (Å²) in [6.45, 7) is 5.45. The quantitative estimate of drug-likeness (QED) is 0.765. The molecule has 3 unspecified atom stereocenters. The fourth-order valence-electron chi connectivity index (χ4n) is 3.79. The highest BCUT2D eigenvalue weighted by molar-refractivity contribution is 5.86. The molecule has 2 N–H and O–H groups in total. The summed E-state index contributed by atoms with van der Waals surface area (Å²) in [4.78, 5) is 14.9. The molecule has 3 rings (SSSR count). The van der Waals surface area contributed by atoms with Crippen molar-refractivity contribution in [3.05, 3.63) is 0 Å². The molecule has 0 aromatic rings. The Hall–Kier alpha value is -0.610. The number of nitrogens with zero attached hydrogens (tertiary/aromatic N) is 1. The minimum atomic E-state index is -0.313. The third-order valence-electron chi connectivity index (χ3n) is 5.03. The maximum Gasteiger partial charge on any atom is 0.240 e. The van der Waals surface area contributed by atoms with Crippen LogP contribution < -0.4 is 10.6 Å². The molecule has 3 aliphatic heterocycles. The Morgan fingerprint density at radius 2 is 2.22 bits per heavy atom. The molecule has 102 valence electrons. The Balaban J connectivity index is 1.55. The van der Waals surface area contributed by atoms with Crippen LogP contribution in [0, 0.1) is 0 Å². The van der Waals surface area contributed by atoms with Gasteiger partial charge in [0.2, 0.25) is 5.91 Å². The van der Waals surface area contributed by atoms with Crippen LogP contribution in [0.25, 0.3) is 0 Å². The van der Waals surface area contributed by atoms with Gasteiger partial charge in [0.15, 0.2) is 0 Å². The van der Waals surface area contributed by atoms with E-state index in [4.69, 9.17) is 0 Å². The van der Waals surface area contributed by atoms with Crippen LogP contribution in [0.15, 0.2) is 0 Å². The molecule has 4 nitrogen and oxygen atoms in total. The van der Waals surface area contributed by atoms with Crippen LogP contribution in [0.5, 0.6) is 0 Å². The van der Waals surface area contributed by atoms with Crippen molar-refractivity contribution >= 4 is 5.91 Å². The van der Waals surface area contributed by atoms with E-state index in [-0.39, 0.29) is 11.4 Å². The molecule has 0 aliphatic carbocycles. The molecule has 0 bridgehead atoms. The van der Waals surface area contributed by atoms with E-state index in [2.05, 4.69) is 15.5 Å². The molecule has 3 fully saturated rings. The van der Waals surface area contributed by atoms with E-state index in [1.165, 1.54) is 25.9 Å². The van der Waals surface area contributed by atoms with E-state index in [1.54, 1.807) is 0 Å². The first-order valence-corrected chi connectivity index (χ1v) is 7.47. The first-order valence-electron chi connectivity index (χ1n) is 7.47. The molecule has 4 heteroatoms. The van der Waals surface area contributed by atoms with E-state index >= 15 is 0 Å². The van der Waals surface area contributed by atoms with Gasteiger partial charge in [0.1, 0.15) is 0 Å². The van der Waals surface area contributed by atoms with Gasteiger partial charge in [0.25, 0.3) is 0 Å². The van der Waals surface area contributed by atoms with Crippen molar-refractivity contribution < 1.29 is 4.79 Å². The van der Waals surface area contributed by atoms with Gasteiger partial charge in [-0.2, -0.15) is 0 Å². The summed E-state index contributed by atoms with van der Waals surface area (Å²) < 4.78 is 0. The number of carbonyl (C=O) groups is 1. The van der Waals surface area contributed by atoms with E-state index in [0.29, 0.717) is 6.04 Å². The second-order valence-corrected chi connectivity index (χ2v) is 6.39. The number of nitrogens with one attached hydrogen (secondary N) is 2. The average molecular weight is 251 g/mol. The van der Waals surface area contributed by atoms with Gasteiger partial charge in [-0.25, -0.2) is 0 Å². The predicted octanol–water partition coefficient (Wildman–Crippen LogP) is 0.872. The number of hydrogen-bond donors (Lipinski definition) is 2. The van der Waals surface area contributed by atoms with Crippen molar-refractivity contribution in [2.45, 2.75) is 63.1 Å². The average Bonchev–Trinajstić information content (AvgIpc) is 2.98. The molecule has 1 amide bonds. The van der Waals surface area contributed by atoms with Crippen LogP contribution in [-0.2, 0) is 4.79 Å². The monoisotopic (exact) mass is 251 g/mol. The molecule has 3 atom stereocenters. The van der Waals surface area contributed by atoms with Crippen LogP contribution >= 0.6 is 0 Å². The number of carbonyl (C=O) groups excluding carboxylic acids is 1. The molecule has 0 spiro atoms. The van der Waals surface area contributed by atoms with Crippen molar-refractivity contribution in [1.82, 2.24) is 15.5 Å². The number of rotatable bonds is 2. The van der Waals surface area contributed by atoms with Gasteiger partial charge in [-0.05, 0) is 58.5 Å². The fourth-order valence-corrected chi connectivity index (χ4v) is 3.79. The zero-order chi connectivity index (χ0) is 12.6. The lowest BCUT2D eigenvalue weighted by Gasteiger charge is -2.36. The Kier molecular flexibility index (Phi) is 3.32. The summed E-state index contributed by atoms with van der Waals surface area (Å²) in [6, 6.07) is 1.13. The largest absolute Gasteiger partial charge is 0.352 e. The Morgan fingerprint density at radius 1 is 1.33 bits per heavy atom. The summed E-state index contributed by atoms with van der Waals surface area (Å²) in [5.74, 6) is 0.219. The maximum atomic E-state index is 12.3. The molecule has 0 aromatic heterocycles. The van der Waals surface area contributed by atoms with Crippen molar-refractivity contribution in [2.24, 2.45) is 0 Å². The Morgan fingerprint density at radius 3 is 3.00 bits per heavy atom. The standard InChI is InChI=1S/C14H25N3O/c1-14(6-3-7-15-14)13(18)16-11-5-9-17-8-2-4-12(17)10-11/h11-12,15H,2-10H2,1H3,(H,16,18).